The van der Waals surface area contributed by atoms with E-state index < -0.39 is 5.91 Å². The maximum atomic E-state index is 13.0. The summed E-state index contributed by atoms with van der Waals surface area (Å²) >= 11 is 1.10. The highest BCUT2D eigenvalue weighted by Crippen LogP contribution is 2.18. The van der Waals surface area contributed by atoms with E-state index in [9.17, 15) is 14.0 Å². The molecular weight excluding hydrogens is 435 g/mol. The molecule has 1 aliphatic heterocycles. The Labute approximate surface area is 187 Å². The molecule has 1 atom stereocenters. The summed E-state index contributed by atoms with van der Waals surface area (Å²) in [6, 6.07) is 12.2. The van der Waals surface area contributed by atoms with E-state index in [2.05, 4.69) is 20.8 Å². The van der Waals surface area contributed by atoms with E-state index in [1.807, 2.05) is 0 Å². The number of ether oxygens (including phenoxy) is 2. The average molecular weight is 456 g/mol. The zero-order valence-electron chi connectivity index (χ0n) is 17.0. The number of rotatable bonds is 8. The fourth-order valence-corrected chi connectivity index (χ4v) is 3.73. The topological polar surface area (TPSA) is 102 Å². The second kappa shape index (κ2) is 10.3. The Morgan fingerprint density at radius 1 is 1.09 bits per heavy atom. The number of hydrogen-bond acceptors (Lipinski definition) is 7. The summed E-state index contributed by atoms with van der Waals surface area (Å²) in [5.74, 6) is -0.411. The molecule has 2 N–H and O–H groups in total. The monoisotopic (exact) mass is 456 g/mol. The van der Waals surface area contributed by atoms with Crippen molar-refractivity contribution in [1.29, 1.82) is 0 Å². The van der Waals surface area contributed by atoms with Crippen molar-refractivity contribution in [2.75, 3.05) is 18.5 Å². The molecule has 3 aromatic rings. The zero-order chi connectivity index (χ0) is 22.3. The second-order valence-electron chi connectivity index (χ2n) is 7.12. The van der Waals surface area contributed by atoms with Gasteiger partial charge in [-0.05, 0) is 61.4 Å². The van der Waals surface area contributed by atoms with Crippen LogP contribution in [0.3, 0.4) is 0 Å². The van der Waals surface area contributed by atoms with E-state index in [1.54, 1.807) is 24.3 Å². The lowest BCUT2D eigenvalue weighted by molar-refractivity contribution is 0.0857. The van der Waals surface area contributed by atoms with Crippen molar-refractivity contribution in [2.45, 2.75) is 25.6 Å². The number of nitrogens with zero attached hydrogens (tertiary/aromatic N) is 2. The summed E-state index contributed by atoms with van der Waals surface area (Å²) < 4.78 is 24.1. The van der Waals surface area contributed by atoms with Gasteiger partial charge in [-0.1, -0.05) is 11.3 Å². The fourth-order valence-electron chi connectivity index (χ4n) is 3.08. The van der Waals surface area contributed by atoms with Crippen molar-refractivity contribution in [3.8, 4) is 5.75 Å². The average Bonchev–Trinajstić information content (AvgIpc) is 3.50. The van der Waals surface area contributed by atoms with E-state index >= 15 is 0 Å². The Bertz CT molecular complexity index is 1070. The van der Waals surface area contributed by atoms with Crippen LogP contribution < -0.4 is 15.4 Å². The first kappa shape index (κ1) is 21.8. The molecular formula is C22H21FN4O4S. The summed E-state index contributed by atoms with van der Waals surface area (Å²) in [6.07, 6.45) is 2.09. The molecule has 0 unspecified atom stereocenters. The Morgan fingerprint density at radius 3 is 2.59 bits per heavy atom. The summed E-state index contributed by atoms with van der Waals surface area (Å²) in [5.41, 5.74) is 0.996. The smallest absolute Gasteiger partial charge is 0.286 e. The molecule has 1 saturated heterocycles. The van der Waals surface area contributed by atoms with E-state index in [1.165, 1.54) is 24.3 Å². The Balaban J connectivity index is 1.25. The first-order valence-corrected chi connectivity index (χ1v) is 10.9. The molecule has 0 saturated carbocycles. The number of carbonyl (C=O) groups excluding carboxylic acids is 2. The molecule has 4 rings (SSSR count). The molecule has 1 fully saturated rings. The minimum absolute atomic E-state index is 0.0936. The second-order valence-corrected chi connectivity index (χ2v) is 8.18. The number of amides is 2. The summed E-state index contributed by atoms with van der Waals surface area (Å²) in [4.78, 5) is 24.5. The summed E-state index contributed by atoms with van der Waals surface area (Å²) in [6.45, 7) is 1.39. The van der Waals surface area contributed by atoms with Crippen molar-refractivity contribution in [3.05, 3.63) is 69.9 Å². The summed E-state index contributed by atoms with van der Waals surface area (Å²) in [5, 5.41) is 14.0. The summed E-state index contributed by atoms with van der Waals surface area (Å²) in [7, 11) is 0. The van der Waals surface area contributed by atoms with E-state index in [4.69, 9.17) is 9.47 Å². The van der Waals surface area contributed by atoms with Gasteiger partial charge in [-0.2, -0.15) is 0 Å². The molecule has 0 radical (unpaired) electrons. The van der Waals surface area contributed by atoms with Gasteiger partial charge >= 0.3 is 0 Å². The molecule has 0 aliphatic carbocycles. The number of anilines is 1. The molecule has 0 bridgehead atoms. The molecule has 10 heteroatoms. The largest absolute Gasteiger partial charge is 0.486 e. The Kier molecular flexibility index (Phi) is 7.03. The van der Waals surface area contributed by atoms with Crippen LogP contribution >= 0.6 is 11.3 Å². The van der Waals surface area contributed by atoms with Crippen LogP contribution in [0.15, 0.2) is 48.5 Å². The minimum Gasteiger partial charge on any atom is -0.486 e. The minimum atomic E-state index is -0.432. The predicted octanol–water partition coefficient (Wildman–Crippen LogP) is 3.42. The number of hydrogen-bond donors (Lipinski definition) is 2. The van der Waals surface area contributed by atoms with Crippen LogP contribution in [-0.2, 0) is 11.3 Å². The van der Waals surface area contributed by atoms with Crippen molar-refractivity contribution in [2.24, 2.45) is 0 Å². The van der Waals surface area contributed by atoms with Crippen LogP contribution in [0.2, 0.25) is 0 Å². The van der Waals surface area contributed by atoms with Gasteiger partial charge in [-0.15, -0.1) is 10.2 Å². The lowest BCUT2D eigenvalue weighted by atomic mass is 10.2. The number of benzene rings is 2. The molecule has 1 aromatic heterocycles. The Morgan fingerprint density at radius 2 is 1.88 bits per heavy atom. The third-order valence-electron chi connectivity index (χ3n) is 4.76. The number of halogens is 1. The van der Waals surface area contributed by atoms with Crippen molar-refractivity contribution in [1.82, 2.24) is 15.5 Å². The number of carbonyl (C=O) groups is 2. The molecule has 1 aliphatic rings. The molecule has 0 spiro atoms. The van der Waals surface area contributed by atoms with Gasteiger partial charge in [0.05, 0.1) is 6.10 Å². The van der Waals surface area contributed by atoms with Gasteiger partial charge in [0.2, 0.25) is 5.01 Å². The van der Waals surface area contributed by atoms with Crippen LogP contribution in [0.1, 0.15) is 38.0 Å². The zero-order valence-corrected chi connectivity index (χ0v) is 17.9. The quantitative estimate of drug-likeness (QED) is 0.539. The van der Waals surface area contributed by atoms with Crippen LogP contribution in [0.25, 0.3) is 0 Å². The highest BCUT2D eigenvalue weighted by molar-refractivity contribution is 7.13. The number of aromatic nitrogens is 2. The van der Waals surface area contributed by atoms with Crippen LogP contribution in [0, 0.1) is 5.82 Å². The lowest BCUT2D eigenvalue weighted by Crippen LogP contribution is -2.31. The van der Waals surface area contributed by atoms with Gasteiger partial charge in [-0.3, -0.25) is 9.59 Å². The molecule has 32 heavy (non-hydrogen) atoms. The third kappa shape index (κ3) is 5.86. The molecule has 166 valence electrons. The van der Waals surface area contributed by atoms with E-state index in [0.29, 0.717) is 28.6 Å². The van der Waals surface area contributed by atoms with Crippen molar-refractivity contribution in [3.63, 3.8) is 0 Å². The van der Waals surface area contributed by atoms with Crippen LogP contribution in [0.5, 0.6) is 5.75 Å². The SMILES string of the molecule is O=C(NC[C@H]1CCCO1)c1ccc(OCc2nnc(C(=O)Nc3ccc(F)cc3)s2)cc1. The standard InChI is InChI=1S/C22H21FN4O4S/c23-15-5-7-16(8-6-15)25-21(29)22-27-26-19(32-22)13-31-17-9-3-14(4-10-17)20(28)24-12-18-2-1-11-30-18/h3-10,18H,1-2,11-13H2,(H,24,28)(H,25,29)/t18-/m1/s1. The van der Waals surface area contributed by atoms with Crippen LogP contribution in [-0.4, -0.2) is 41.3 Å². The molecule has 8 nitrogen and oxygen atoms in total. The Hall–Kier alpha value is -3.37. The van der Waals surface area contributed by atoms with Gasteiger partial charge in [0, 0.05) is 24.4 Å². The molecule has 2 amide bonds. The maximum Gasteiger partial charge on any atom is 0.286 e. The van der Waals surface area contributed by atoms with E-state index in [-0.39, 0.29) is 29.4 Å². The van der Waals surface area contributed by atoms with Gasteiger partial charge in [0.15, 0.2) is 5.01 Å². The van der Waals surface area contributed by atoms with Crippen molar-refractivity contribution >= 4 is 28.8 Å². The van der Waals surface area contributed by atoms with Gasteiger partial charge in [0.1, 0.15) is 18.2 Å². The van der Waals surface area contributed by atoms with E-state index in [0.717, 1.165) is 30.8 Å². The van der Waals surface area contributed by atoms with Gasteiger partial charge in [-0.25, -0.2) is 4.39 Å². The number of nitrogens with one attached hydrogen (secondary N) is 2. The lowest BCUT2D eigenvalue weighted by Gasteiger charge is -2.11. The maximum absolute atomic E-state index is 13.0. The fraction of sp³-hybridized carbons (Fsp3) is 0.273. The predicted molar refractivity (Wildman–Crippen MR) is 116 cm³/mol. The van der Waals surface area contributed by atoms with Gasteiger partial charge in [0.25, 0.3) is 11.8 Å². The highest BCUT2D eigenvalue weighted by Gasteiger charge is 2.17. The first-order valence-electron chi connectivity index (χ1n) is 10.1. The van der Waals surface area contributed by atoms with Crippen molar-refractivity contribution < 1.29 is 23.5 Å². The molecule has 2 heterocycles. The third-order valence-corrected chi connectivity index (χ3v) is 5.65. The highest BCUT2D eigenvalue weighted by atomic mass is 32.1. The normalized spacial score (nSPS) is 15.3. The molecule has 2 aromatic carbocycles. The van der Waals surface area contributed by atoms with Crippen LogP contribution in [0.4, 0.5) is 10.1 Å². The first-order chi connectivity index (χ1) is 15.6. The van der Waals surface area contributed by atoms with Gasteiger partial charge < -0.3 is 20.1 Å².